The first-order valence-electron chi connectivity index (χ1n) is 6.13. The number of fused-ring (bicyclic) bond motifs is 1. The Hall–Kier alpha value is -2.17. The summed E-state index contributed by atoms with van der Waals surface area (Å²) in [5.74, 6) is 0.0991. The molecular weight excluding hydrogens is 274 g/mol. The number of hydrogen-bond acceptors (Lipinski definition) is 3. The zero-order valence-electron chi connectivity index (χ0n) is 10.5. The Labute approximate surface area is 120 Å². The van der Waals surface area contributed by atoms with Crippen LogP contribution in [-0.2, 0) is 0 Å². The fourth-order valence-electron chi connectivity index (χ4n) is 2.24. The molecule has 0 fully saturated rings. The number of benzene rings is 2. The van der Waals surface area contributed by atoms with Gasteiger partial charge in [-0.1, -0.05) is 41.9 Å². The van der Waals surface area contributed by atoms with Crippen LogP contribution in [0, 0.1) is 5.41 Å². The van der Waals surface area contributed by atoms with Gasteiger partial charge in [-0.05, 0) is 18.2 Å². The average Bonchev–Trinajstić information content (AvgIpc) is 2.54. The summed E-state index contributed by atoms with van der Waals surface area (Å²) >= 11 is 6.06. The lowest BCUT2D eigenvalue weighted by atomic mass is 10.1. The summed E-state index contributed by atoms with van der Waals surface area (Å²) < 4.78 is 0. The summed E-state index contributed by atoms with van der Waals surface area (Å²) in [5.41, 5.74) is 1.46. The van der Waals surface area contributed by atoms with Gasteiger partial charge in [0.1, 0.15) is 12.4 Å². The second-order valence-corrected chi connectivity index (χ2v) is 4.93. The molecule has 0 bridgehead atoms. The van der Waals surface area contributed by atoms with Gasteiger partial charge in [-0.3, -0.25) is 10.6 Å². The zero-order valence-corrected chi connectivity index (χ0v) is 11.3. The molecule has 1 aliphatic heterocycles. The van der Waals surface area contributed by atoms with Gasteiger partial charge in [-0.25, -0.2) is 10.1 Å². The van der Waals surface area contributed by atoms with Gasteiger partial charge in [0.05, 0.1) is 11.1 Å². The molecule has 0 spiro atoms. The topological polar surface area (TPSA) is 59.7 Å². The first-order valence-corrected chi connectivity index (χ1v) is 6.51. The van der Waals surface area contributed by atoms with Crippen molar-refractivity contribution in [3.8, 4) is 0 Å². The number of hydroxylamine groups is 2. The van der Waals surface area contributed by atoms with E-state index in [0.717, 1.165) is 10.6 Å². The van der Waals surface area contributed by atoms with Crippen molar-refractivity contribution in [2.24, 2.45) is 4.99 Å². The molecule has 0 amide bonds. The molecule has 0 unspecified atom stereocenters. The van der Waals surface area contributed by atoms with Gasteiger partial charge in [-0.2, -0.15) is 0 Å². The molecule has 1 heterocycles. The summed E-state index contributed by atoms with van der Waals surface area (Å²) in [6.07, 6.45) is 0. The number of nitrogens with zero attached hydrogens (tertiary/aromatic N) is 2. The van der Waals surface area contributed by atoms with E-state index in [2.05, 4.69) is 4.99 Å². The molecule has 0 saturated carbocycles. The van der Waals surface area contributed by atoms with E-state index < -0.39 is 0 Å². The van der Waals surface area contributed by atoms with Gasteiger partial charge in [0.25, 0.3) is 0 Å². The fourth-order valence-corrected chi connectivity index (χ4v) is 2.41. The van der Waals surface area contributed by atoms with E-state index >= 15 is 0 Å². The first kappa shape index (κ1) is 12.8. The lowest BCUT2D eigenvalue weighted by molar-refractivity contribution is -0.0121. The highest BCUT2D eigenvalue weighted by atomic mass is 35.5. The molecule has 20 heavy (non-hydrogen) atoms. The summed E-state index contributed by atoms with van der Waals surface area (Å²) in [5, 5.41) is 21.0. The van der Waals surface area contributed by atoms with Crippen LogP contribution in [0.15, 0.2) is 53.5 Å². The van der Waals surface area contributed by atoms with Crippen molar-refractivity contribution < 1.29 is 5.21 Å². The minimum Gasteiger partial charge on any atom is -0.288 e. The van der Waals surface area contributed by atoms with Crippen molar-refractivity contribution in [2.75, 3.05) is 6.54 Å². The summed E-state index contributed by atoms with van der Waals surface area (Å²) in [6.45, 7) is 0.0382. The predicted molar refractivity (Wildman–Crippen MR) is 77.4 cm³/mol. The van der Waals surface area contributed by atoms with Crippen LogP contribution >= 0.6 is 11.6 Å². The van der Waals surface area contributed by atoms with Crippen LogP contribution < -0.4 is 10.6 Å². The minimum atomic E-state index is 0.0382. The normalized spacial score (nSPS) is 14.6. The van der Waals surface area contributed by atoms with Gasteiger partial charge in [0, 0.05) is 15.8 Å². The Balaban J connectivity index is 2.43. The Kier molecular flexibility index (Phi) is 3.26. The maximum atomic E-state index is 10.3. The number of halogens is 1. The quantitative estimate of drug-likeness (QED) is 0.839. The molecule has 0 aromatic heterocycles. The molecule has 3 rings (SSSR count). The summed E-state index contributed by atoms with van der Waals surface area (Å²) in [6, 6.07) is 14.7. The van der Waals surface area contributed by atoms with Crippen molar-refractivity contribution in [3.05, 3.63) is 69.7 Å². The minimum absolute atomic E-state index is 0.0382. The van der Waals surface area contributed by atoms with Crippen molar-refractivity contribution >= 4 is 23.1 Å². The molecule has 1 aliphatic rings. The van der Waals surface area contributed by atoms with Crippen molar-refractivity contribution in [1.29, 1.82) is 5.41 Å². The Morgan fingerprint density at radius 2 is 1.90 bits per heavy atom. The van der Waals surface area contributed by atoms with Crippen molar-refractivity contribution in [3.63, 3.8) is 0 Å². The molecule has 2 aromatic carbocycles. The molecule has 5 heteroatoms. The third-order valence-electron chi connectivity index (χ3n) is 3.07. The first-order chi connectivity index (χ1) is 9.65. The Morgan fingerprint density at radius 1 is 1.15 bits per heavy atom. The highest BCUT2D eigenvalue weighted by Gasteiger charge is 2.16. The van der Waals surface area contributed by atoms with Crippen molar-refractivity contribution in [1.82, 2.24) is 5.06 Å². The Bertz CT molecular complexity index is 787. The van der Waals surface area contributed by atoms with E-state index in [1.807, 2.05) is 30.3 Å². The van der Waals surface area contributed by atoms with Gasteiger partial charge in [-0.15, -0.1) is 0 Å². The van der Waals surface area contributed by atoms with Gasteiger partial charge in [0.2, 0.25) is 0 Å². The lowest BCUT2D eigenvalue weighted by Gasteiger charge is -2.18. The van der Waals surface area contributed by atoms with E-state index in [1.54, 1.807) is 18.2 Å². The number of rotatable bonds is 1. The van der Waals surface area contributed by atoms with Crippen molar-refractivity contribution in [2.45, 2.75) is 0 Å². The smallest absolute Gasteiger partial charge is 0.143 e. The largest absolute Gasteiger partial charge is 0.288 e. The summed E-state index contributed by atoms with van der Waals surface area (Å²) in [7, 11) is 0. The van der Waals surface area contributed by atoms with Crippen LogP contribution in [0.5, 0.6) is 0 Å². The molecule has 0 saturated heterocycles. The van der Waals surface area contributed by atoms with E-state index in [9.17, 15) is 5.21 Å². The van der Waals surface area contributed by atoms with Crippen LogP contribution in [0.25, 0.3) is 5.70 Å². The van der Waals surface area contributed by atoms with Crippen LogP contribution in [0.2, 0.25) is 5.02 Å². The molecule has 4 nitrogen and oxygen atoms in total. The predicted octanol–water partition coefficient (Wildman–Crippen LogP) is 1.80. The number of hydrogen-bond donors (Lipinski definition) is 2. The van der Waals surface area contributed by atoms with Gasteiger partial charge >= 0.3 is 0 Å². The molecule has 2 aromatic rings. The lowest BCUT2D eigenvalue weighted by Crippen LogP contribution is -2.31. The van der Waals surface area contributed by atoms with Crippen LogP contribution in [0.3, 0.4) is 0 Å². The zero-order chi connectivity index (χ0) is 14.1. The van der Waals surface area contributed by atoms with Crippen LogP contribution in [0.1, 0.15) is 5.56 Å². The molecule has 0 radical (unpaired) electrons. The van der Waals surface area contributed by atoms with Gasteiger partial charge in [0.15, 0.2) is 0 Å². The molecule has 0 atom stereocenters. The monoisotopic (exact) mass is 285 g/mol. The Morgan fingerprint density at radius 3 is 2.65 bits per heavy atom. The highest BCUT2D eigenvalue weighted by Crippen LogP contribution is 2.15. The van der Waals surface area contributed by atoms with E-state index in [1.165, 1.54) is 0 Å². The summed E-state index contributed by atoms with van der Waals surface area (Å²) in [4.78, 5) is 4.21. The molecule has 100 valence electrons. The van der Waals surface area contributed by atoms with Gasteiger partial charge < -0.3 is 0 Å². The molecule has 0 aliphatic carbocycles. The fraction of sp³-hybridized carbons (Fsp3) is 0.0667. The standard InChI is InChI=1S/C15H12ClN3O/c16-11-6-7-13-12(8-11)15(10-4-2-1-3-5-10)19(20)9-14(17)18-13/h1-8,17,20H,9H2. The second-order valence-electron chi connectivity index (χ2n) is 4.49. The SMILES string of the molecule is N=C1CN(O)C(c2ccccc2)=c2cc(Cl)ccc2=N1. The van der Waals surface area contributed by atoms with Crippen LogP contribution in [0.4, 0.5) is 0 Å². The maximum Gasteiger partial charge on any atom is 0.143 e. The highest BCUT2D eigenvalue weighted by molar-refractivity contribution is 6.30. The average molecular weight is 286 g/mol. The van der Waals surface area contributed by atoms with E-state index in [-0.39, 0.29) is 12.4 Å². The van der Waals surface area contributed by atoms with Crippen LogP contribution in [-0.4, -0.2) is 22.7 Å². The van der Waals surface area contributed by atoms with E-state index in [0.29, 0.717) is 21.3 Å². The molecule has 2 N–H and O–H groups in total. The maximum absolute atomic E-state index is 10.3. The second kappa shape index (κ2) is 5.07. The third kappa shape index (κ3) is 2.31. The molecular formula is C15H12ClN3O. The number of amidine groups is 1. The number of nitrogens with one attached hydrogen (secondary N) is 1. The van der Waals surface area contributed by atoms with E-state index in [4.69, 9.17) is 17.0 Å². The third-order valence-corrected chi connectivity index (χ3v) is 3.31.